The van der Waals surface area contributed by atoms with Gasteiger partial charge in [0.15, 0.2) is 0 Å². The van der Waals surface area contributed by atoms with Gasteiger partial charge in [-0.1, -0.05) is 31.0 Å². The van der Waals surface area contributed by atoms with Crippen LogP contribution < -0.4 is 10.6 Å². The van der Waals surface area contributed by atoms with E-state index >= 15 is 0 Å². The van der Waals surface area contributed by atoms with E-state index in [1.165, 1.54) is 6.07 Å². The Hall–Kier alpha value is -2.69. The minimum absolute atomic E-state index is 0.0345. The van der Waals surface area contributed by atoms with Crippen LogP contribution in [0, 0.1) is 0 Å². The average molecular weight is 545 g/mol. The van der Waals surface area contributed by atoms with Crippen LogP contribution in [0.25, 0.3) is 0 Å². The number of hydrogen-bond donors (Lipinski definition) is 5. The first-order valence-electron chi connectivity index (χ1n) is 14.1. The first-order chi connectivity index (χ1) is 19.0. The molecule has 0 aliphatic heterocycles. The Bertz CT molecular complexity index is 982. The second-order valence-electron chi connectivity index (χ2n) is 9.98. The summed E-state index contributed by atoms with van der Waals surface area (Å²) in [7, 11) is 0. The number of aliphatic hydroxyl groups is 2. The quantitative estimate of drug-likeness (QED) is 0.169. The summed E-state index contributed by atoms with van der Waals surface area (Å²) in [6.07, 6.45) is 7.26. The molecule has 1 atom stereocenters. The predicted octanol–water partition coefficient (Wildman–Crippen LogP) is 4.79. The highest BCUT2D eigenvalue weighted by molar-refractivity contribution is 5.84. The lowest BCUT2D eigenvalue weighted by Gasteiger charge is -2.14. The van der Waals surface area contributed by atoms with Gasteiger partial charge < -0.3 is 34.8 Å². The number of ether oxygens (including phenoxy) is 3. The predicted molar refractivity (Wildman–Crippen MR) is 150 cm³/mol. The molecule has 2 aromatic rings. The third kappa shape index (κ3) is 11.9. The first kappa shape index (κ1) is 30.8. The van der Waals surface area contributed by atoms with Crippen molar-refractivity contribution in [2.75, 3.05) is 38.2 Å². The number of carbonyl (C=O) groups excluding carboxylic acids is 1. The summed E-state index contributed by atoms with van der Waals surface area (Å²) in [6, 6.07) is 12.4. The molecular formula is C30H44N2O7. The molecule has 2 aromatic carbocycles. The largest absolute Gasteiger partial charge is 0.508 e. The van der Waals surface area contributed by atoms with Gasteiger partial charge in [-0.3, -0.25) is 5.32 Å². The van der Waals surface area contributed by atoms with E-state index in [9.17, 15) is 20.1 Å². The molecule has 5 N–H and O–H groups in total. The van der Waals surface area contributed by atoms with Gasteiger partial charge in [0.2, 0.25) is 0 Å². The third-order valence-corrected chi connectivity index (χ3v) is 6.78. The van der Waals surface area contributed by atoms with Gasteiger partial charge in [-0.25, -0.2) is 4.79 Å². The highest BCUT2D eigenvalue weighted by Gasteiger charge is 2.19. The third-order valence-electron chi connectivity index (χ3n) is 6.78. The molecule has 1 fully saturated rings. The Kier molecular flexibility index (Phi) is 14.1. The van der Waals surface area contributed by atoms with Gasteiger partial charge in [0, 0.05) is 24.4 Å². The first-order valence-corrected chi connectivity index (χ1v) is 14.1. The highest BCUT2D eigenvalue weighted by atomic mass is 16.6. The van der Waals surface area contributed by atoms with Crippen molar-refractivity contribution >= 4 is 11.8 Å². The number of nitrogens with one attached hydrogen (secondary N) is 2. The molecule has 0 aromatic heterocycles. The molecular weight excluding hydrogens is 500 g/mol. The lowest BCUT2D eigenvalue weighted by atomic mass is 10.1. The molecule has 1 amide bonds. The number of unbranched alkanes of at least 4 members (excludes halogenated alkanes) is 3. The summed E-state index contributed by atoms with van der Waals surface area (Å²) >= 11 is 0. The van der Waals surface area contributed by atoms with Crippen molar-refractivity contribution in [2.45, 2.75) is 76.8 Å². The summed E-state index contributed by atoms with van der Waals surface area (Å²) in [5.74, 6) is 0.0345. The maximum absolute atomic E-state index is 12.0. The van der Waals surface area contributed by atoms with Crippen molar-refractivity contribution in [1.29, 1.82) is 0 Å². The molecule has 0 unspecified atom stereocenters. The second kappa shape index (κ2) is 17.8. The highest BCUT2D eigenvalue weighted by Crippen LogP contribution is 2.23. The molecule has 0 radical (unpaired) electrons. The van der Waals surface area contributed by atoms with E-state index < -0.39 is 12.2 Å². The number of aliphatic hydroxyl groups excluding tert-OH is 2. The molecule has 0 heterocycles. The Morgan fingerprint density at radius 3 is 2.59 bits per heavy atom. The van der Waals surface area contributed by atoms with Gasteiger partial charge >= 0.3 is 6.09 Å². The average Bonchev–Trinajstić information content (AvgIpc) is 3.44. The van der Waals surface area contributed by atoms with Crippen molar-refractivity contribution in [3.63, 3.8) is 0 Å². The van der Waals surface area contributed by atoms with Gasteiger partial charge in [0.25, 0.3) is 0 Å². The van der Waals surface area contributed by atoms with Crippen LogP contribution in [0.1, 0.15) is 74.2 Å². The molecule has 216 valence electrons. The zero-order chi connectivity index (χ0) is 27.7. The molecule has 39 heavy (non-hydrogen) atoms. The van der Waals surface area contributed by atoms with Crippen LogP contribution in [0.2, 0.25) is 0 Å². The number of anilines is 1. The van der Waals surface area contributed by atoms with Crippen molar-refractivity contribution in [1.82, 2.24) is 5.32 Å². The topological polar surface area (TPSA) is 130 Å². The molecule has 0 spiro atoms. The molecule has 0 bridgehead atoms. The van der Waals surface area contributed by atoms with E-state index in [-0.39, 0.29) is 18.5 Å². The van der Waals surface area contributed by atoms with Crippen LogP contribution in [0.3, 0.4) is 0 Å². The van der Waals surface area contributed by atoms with Crippen LogP contribution in [0.5, 0.6) is 5.75 Å². The smallest absolute Gasteiger partial charge is 0.411 e. The number of amides is 1. The SMILES string of the molecule is O=C(Nc1cccc(COCCOCCCCCCNC[C@@H](O)c2ccc(O)c(CO)c2)c1)OC1CCCC1. The Morgan fingerprint density at radius 2 is 1.77 bits per heavy atom. The van der Waals surface area contributed by atoms with Gasteiger partial charge in [-0.2, -0.15) is 0 Å². The number of hydrogen-bond acceptors (Lipinski definition) is 8. The summed E-state index contributed by atoms with van der Waals surface area (Å²) in [5.41, 5.74) is 2.77. The van der Waals surface area contributed by atoms with Crippen molar-refractivity contribution < 1.29 is 34.3 Å². The van der Waals surface area contributed by atoms with Crippen LogP contribution in [-0.2, 0) is 27.4 Å². The van der Waals surface area contributed by atoms with Crippen LogP contribution >= 0.6 is 0 Å². The second-order valence-corrected chi connectivity index (χ2v) is 9.98. The normalized spacial score (nSPS) is 14.4. The molecule has 1 saturated carbocycles. The zero-order valence-electron chi connectivity index (χ0n) is 22.8. The molecule has 9 nitrogen and oxygen atoms in total. The number of aromatic hydroxyl groups is 1. The maximum Gasteiger partial charge on any atom is 0.411 e. The van der Waals surface area contributed by atoms with E-state index in [1.54, 1.807) is 12.1 Å². The van der Waals surface area contributed by atoms with Crippen LogP contribution in [0.4, 0.5) is 10.5 Å². The number of phenols is 1. The summed E-state index contributed by atoms with van der Waals surface area (Å²) in [4.78, 5) is 12.0. The summed E-state index contributed by atoms with van der Waals surface area (Å²) in [5, 5.41) is 35.2. The number of rotatable bonds is 18. The Labute approximate surface area is 231 Å². The van der Waals surface area contributed by atoms with Crippen molar-refractivity contribution in [3.8, 4) is 5.75 Å². The Morgan fingerprint density at radius 1 is 0.974 bits per heavy atom. The van der Waals surface area contributed by atoms with E-state index in [1.807, 2.05) is 24.3 Å². The fraction of sp³-hybridized carbons (Fsp3) is 0.567. The standard InChI is InChI=1S/C30H44N2O7/c33-21-25-19-24(12-13-28(25)34)29(35)20-31-14-5-1-2-6-15-37-16-17-38-22-23-8-7-9-26(18-23)32-30(36)39-27-10-3-4-11-27/h7-9,12-13,18-19,27,29,31,33-35H,1-6,10-11,14-17,20-22H2,(H,32,36)/t29-/m1/s1. The monoisotopic (exact) mass is 544 g/mol. The van der Waals surface area contributed by atoms with E-state index in [2.05, 4.69) is 10.6 Å². The van der Waals surface area contributed by atoms with Gasteiger partial charge in [0.1, 0.15) is 11.9 Å². The lowest BCUT2D eigenvalue weighted by molar-refractivity contribution is 0.0393. The molecule has 9 heteroatoms. The van der Waals surface area contributed by atoms with Crippen molar-refractivity contribution in [2.24, 2.45) is 0 Å². The minimum atomic E-state index is -0.683. The van der Waals surface area contributed by atoms with E-state index in [0.717, 1.165) is 63.5 Å². The number of carbonyl (C=O) groups is 1. The van der Waals surface area contributed by atoms with E-state index in [0.29, 0.717) is 49.8 Å². The van der Waals surface area contributed by atoms with Gasteiger partial charge in [-0.05, 0) is 80.5 Å². The van der Waals surface area contributed by atoms with Crippen molar-refractivity contribution in [3.05, 3.63) is 59.2 Å². The van der Waals surface area contributed by atoms with Gasteiger partial charge in [0.05, 0.1) is 32.5 Å². The van der Waals surface area contributed by atoms with Crippen LogP contribution in [-0.4, -0.2) is 60.4 Å². The Balaban J connectivity index is 1.13. The van der Waals surface area contributed by atoms with Crippen LogP contribution in [0.15, 0.2) is 42.5 Å². The fourth-order valence-electron chi connectivity index (χ4n) is 4.56. The van der Waals surface area contributed by atoms with E-state index in [4.69, 9.17) is 14.2 Å². The zero-order valence-corrected chi connectivity index (χ0v) is 22.8. The molecule has 1 aliphatic rings. The molecule has 3 rings (SSSR count). The molecule has 1 aliphatic carbocycles. The minimum Gasteiger partial charge on any atom is -0.508 e. The lowest BCUT2D eigenvalue weighted by Crippen LogP contribution is -2.22. The number of benzene rings is 2. The maximum atomic E-state index is 12.0. The van der Waals surface area contributed by atoms with Gasteiger partial charge in [-0.15, -0.1) is 0 Å². The summed E-state index contributed by atoms with van der Waals surface area (Å²) in [6.45, 7) is 3.18. The molecule has 0 saturated heterocycles. The summed E-state index contributed by atoms with van der Waals surface area (Å²) < 4.78 is 16.8. The fourth-order valence-corrected chi connectivity index (χ4v) is 4.56.